The average molecular weight is 534 g/mol. The Morgan fingerprint density at radius 2 is 1.95 bits per heavy atom. The molecule has 1 atom stereocenters. The third-order valence-electron chi connectivity index (χ3n) is 6.57. The van der Waals surface area contributed by atoms with Gasteiger partial charge in [-0.15, -0.1) is 11.3 Å². The number of methoxy groups -OCH3 is 2. The number of carbonyl (C=O) groups is 1. The zero-order chi connectivity index (χ0) is 26.6. The van der Waals surface area contributed by atoms with Gasteiger partial charge in [-0.3, -0.25) is 9.78 Å². The van der Waals surface area contributed by atoms with E-state index in [0.717, 1.165) is 34.4 Å². The van der Waals surface area contributed by atoms with E-state index in [2.05, 4.69) is 9.97 Å². The van der Waals surface area contributed by atoms with Crippen molar-refractivity contribution in [1.82, 2.24) is 15.0 Å². The lowest BCUT2D eigenvalue weighted by Gasteiger charge is -2.17. The standard InChI is InChI=1S/C29H28FN3O4S/c1-17-7-10-25(38-17)29-28(23-12-26(35-2)31-15-24(23)30)32-14-20(33-29)16-37-21-6-4-5-19(11-21)22(18-8-9-18)13-27(34)36-3/h4-7,10-12,14-15,18,22H,8-9,13,16H2,1-3H3. The lowest BCUT2D eigenvalue weighted by molar-refractivity contribution is -0.141. The van der Waals surface area contributed by atoms with Crippen LogP contribution in [0.4, 0.5) is 4.39 Å². The number of hydrogen-bond donors (Lipinski definition) is 0. The summed E-state index contributed by atoms with van der Waals surface area (Å²) in [6.07, 6.45) is 5.31. The van der Waals surface area contributed by atoms with E-state index in [1.165, 1.54) is 20.3 Å². The monoisotopic (exact) mass is 533 g/mol. The number of pyridine rings is 1. The first-order valence-corrected chi connectivity index (χ1v) is 13.2. The van der Waals surface area contributed by atoms with Gasteiger partial charge in [0.25, 0.3) is 0 Å². The summed E-state index contributed by atoms with van der Waals surface area (Å²) in [7, 11) is 2.90. The summed E-state index contributed by atoms with van der Waals surface area (Å²) in [5, 5.41) is 0. The van der Waals surface area contributed by atoms with Crippen LogP contribution in [0.2, 0.25) is 0 Å². The fraction of sp³-hybridized carbons (Fsp3) is 0.310. The zero-order valence-electron chi connectivity index (χ0n) is 21.4. The SMILES string of the molecule is COC(=O)CC(c1cccc(OCc2cnc(-c3cc(OC)ncc3F)c(-c3ccc(C)s3)n2)c1)C1CC1. The number of nitrogens with zero attached hydrogens (tertiary/aromatic N) is 3. The number of thiophene rings is 1. The maximum Gasteiger partial charge on any atom is 0.306 e. The van der Waals surface area contributed by atoms with Gasteiger partial charge in [0.05, 0.1) is 43.6 Å². The maximum absolute atomic E-state index is 14.8. The van der Waals surface area contributed by atoms with Crippen molar-refractivity contribution < 1.29 is 23.4 Å². The molecular formula is C29H28FN3O4S. The molecule has 0 saturated heterocycles. The Kier molecular flexibility index (Phi) is 7.64. The first kappa shape index (κ1) is 25.8. The van der Waals surface area contributed by atoms with Crippen LogP contribution in [-0.2, 0) is 16.1 Å². The summed E-state index contributed by atoms with van der Waals surface area (Å²) < 4.78 is 31.0. The molecule has 3 aromatic heterocycles. The van der Waals surface area contributed by atoms with Gasteiger partial charge in [0.15, 0.2) is 5.82 Å². The molecule has 5 rings (SSSR count). The summed E-state index contributed by atoms with van der Waals surface area (Å²) in [5.41, 5.74) is 2.91. The van der Waals surface area contributed by atoms with E-state index >= 15 is 0 Å². The Labute approximate surface area is 224 Å². The first-order chi connectivity index (χ1) is 18.4. The lowest BCUT2D eigenvalue weighted by atomic mass is 9.91. The summed E-state index contributed by atoms with van der Waals surface area (Å²) in [6, 6.07) is 13.3. The van der Waals surface area contributed by atoms with Crippen LogP contribution in [0.15, 0.2) is 54.9 Å². The molecule has 4 aromatic rings. The Balaban J connectivity index is 1.41. The van der Waals surface area contributed by atoms with Crippen molar-refractivity contribution in [2.45, 2.75) is 38.7 Å². The van der Waals surface area contributed by atoms with Gasteiger partial charge in [0.2, 0.25) is 5.88 Å². The second-order valence-corrected chi connectivity index (χ2v) is 10.5. The van der Waals surface area contributed by atoms with E-state index in [4.69, 9.17) is 19.2 Å². The van der Waals surface area contributed by atoms with Crippen molar-refractivity contribution in [3.05, 3.63) is 76.8 Å². The van der Waals surface area contributed by atoms with Crippen LogP contribution < -0.4 is 9.47 Å². The molecule has 38 heavy (non-hydrogen) atoms. The molecule has 1 unspecified atom stereocenters. The molecule has 0 spiro atoms. The fourth-order valence-corrected chi connectivity index (χ4v) is 5.31. The van der Waals surface area contributed by atoms with Crippen LogP contribution in [0, 0.1) is 18.7 Å². The van der Waals surface area contributed by atoms with Gasteiger partial charge in [-0.1, -0.05) is 12.1 Å². The summed E-state index contributed by atoms with van der Waals surface area (Å²) >= 11 is 1.56. The normalized spacial score (nSPS) is 13.7. The Morgan fingerprint density at radius 1 is 1.11 bits per heavy atom. The molecular weight excluding hydrogens is 505 g/mol. The summed E-state index contributed by atoms with van der Waals surface area (Å²) in [4.78, 5) is 27.3. The maximum atomic E-state index is 14.8. The van der Waals surface area contributed by atoms with Crippen LogP contribution in [0.3, 0.4) is 0 Å². The highest BCUT2D eigenvalue weighted by Crippen LogP contribution is 2.45. The number of aromatic nitrogens is 3. The van der Waals surface area contributed by atoms with Gasteiger partial charge in [-0.2, -0.15) is 0 Å². The highest BCUT2D eigenvalue weighted by molar-refractivity contribution is 7.15. The molecule has 9 heteroatoms. The number of hydrogen-bond acceptors (Lipinski definition) is 8. The van der Waals surface area contributed by atoms with Gasteiger partial charge >= 0.3 is 5.97 Å². The molecule has 1 aliphatic carbocycles. The van der Waals surface area contributed by atoms with E-state index in [1.807, 2.05) is 43.3 Å². The molecule has 196 valence electrons. The number of aryl methyl sites for hydroxylation is 1. The van der Waals surface area contributed by atoms with Crippen LogP contribution in [0.1, 0.15) is 41.3 Å². The van der Waals surface area contributed by atoms with Crippen molar-refractivity contribution in [2.75, 3.05) is 14.2 Å². The molecule has 1 aliphatic rings. The first-order valence-electron chi connectivity index (χ1n) is 12.4. The number of carbonyl (C=O) groups excluding carboxylic acids is 1. The van der Waals surface area contributed by atoms with E-state index < -0.39 is 5.82 Å². The second-order valence-electron chi connectivity index (χ2n) is 9.26. The number of rotatable bonds is 10. The minimum absolute atomic E-state index is 0.117. The molecule has 0 amide bonds. The Bertz CT molecular complexity index is 1450. The lowest BCUT2D eigenvalue weighted by Crippen LogP contribution is -2.10. The van der Waals surface area contributed by atoms with Gasteiger partial charge in [0.1, 0.15) is 23.7 Å². The van der Waals surface area contributed by atoms with Crippen LogP contribution in [0.25, 0.3) is 21.8 Å². The van der Waals surface area contributed by atoms with E-state index in [9.17, 15) is 9.18 Å². The third-order valence-corrected chi connectivity index (χ3v) is 7.58. The third kappa shape index (κ3) is 5.83. The largest absolute Gasteiger partial charge is 0.487 e. The molecule has 0 aliphatic heterocycles. The second kappa shape index (κ2) is 11.3. The van der Waals surface area contributed by atoms with Crippen molar-refractivity contribution >= 4 is 17.3 Å². The molecule has 0 N–H and O–H groups in total. The van der Waals surface area contributed by atoms with Crippen LogP contribution in [0.5, 0.6) is 11.6 Å². The van der Waals surface area contributed by atoms with Gasteiger partial charge in [-0.25, -0.2) is 14.4 Å². The topological polar surface area (TPSA) is 83.4 Å². The highest BCUT2D eigenvalue weighted by atomic mass is 32.1. The molecule has 0 radical (unpaired) electrons. The van der Waals surface area contributed by atoms with Crippen molar-refractivity contribution in [3.63, 3.8) is 0 Å². The molecule has 1 saturated carbocycles. The van der Waals surface area contributed by atoms with E-state index in [1.54, 1.807) is 17.5 Å². The van der Waals surface area contributed by atoms with Crippen molar-refractivity contribution in [3.8, 4) is 33.5 Å². The smallest absolute Gasteiger partial charge is 0.306 e. The molecule has 3 heterocycles. The quantitative estimate of drug-likeness (QED) is 0.219. The van der Waals surface area contributed by atoms with Crippen LogP contribution >= 0.6 is 11.3 Å². The minimum atomic E-state index is -0.507. The number of esters is 1. The van der Waals surface area contributed by atoms with Crippen molar-refractivity contribution in [2.24, 2.45) is 5.92 Å². The van der Waals surface area contributed by atoms with Crippen molar-refractivity contribution in [1.29, 1.82) is 0 Å². The fourth-order valence-electron chi connectivity index (χ4n) is 4.45. The van der Waals surface area contributed by atoms with Crippen LogP contribution in [-0.4, -0.2) is 35.1 Å². The summed E-state index contributed by atoms with van der Waals surface area (Å²) in [5.74, 6) is 0.872. The molecule has 7 nitrogen and oxygen atoms in total. The highest BCUT2D eigenvalue weighted by Gasteiger charge is 2.34. The molecule has 1 aromatic carbocycles. The molecule has 0 bridgehead atoms. The predicted octanol–water partition coefficient (Wildman–Crippen LogP) is 6.36. The van der Waals surface area contributed by atoms with E-state index in [0.29, 0.717) is 41.1 Å². The van der Waals surface area contributed by atoms with Gasteiger partial charge in [0, 0.05) is 16.5 Å². The van der Waals surface area contributed by atoms with E-state index in [-0.39, 0.29) is 24.1 Å². The number of halogens is 1. The zero-order valence-corrected chi connectivity index (χ0v) is 22.3. The average Bonchev–Trinajstić information content (AvgIpc) is 3.69. The Morgan fingerprint density at radius 3 is 2.66 bits per heavy atom. The molecule has 1 fully saturated rings. The Hall–Kier alpha value is -3.85. The summed E-state index contributed by atoms with van der Waals surface area (Å²) in [6.45, 7) is 2.19. The van der Waals surface area contributed by atoms with Gasteiger partial charge in [-0.05, 0) is 61.4 Å². The number of ether oxygens (including phenoxy) is 3. The minimum Gasteiger partial charge on any atom is -0.487 e. The number of benzene rings is 1. The predicted molar refractivity (Wildman–Crippen MR) is 143 cm³/mol. The van der Waals surface area contributed by atoms with Gasteiger partial charge < -0.3 is 14.2 Å².